The number of amidine groups is 1. The summed E-state index contributed by atoms with van der Waals surface area (Å²) in [6.45, 7) is 0.324. The first-order valence-corrected chi connectivity index (χ1v) is 9.48. The number of fused-ring (bicyclic) bond motifs is 1. The fraction of sp³-hybridized carbons (Fsp3) is 0.200. The molecule has 1 aliphatic rings. The molecule has 144 valence electrons. The maximum absolute atomic E-state index is 10.9. The first kappa shape index (κ1) is 19.6. The Morgan fingerprint density at radius 1 is 1.32 bits per heavy atom. The second-order valence-corrected chi connectivity index (χ2v) is 6.38. The van der Waals surface area contributed by atoms with Crippen LogP contribution in [0.15, 0.2) is 41.2 Å². The summed E-state index contributed by atoms with van der Waals surface area (Å²) < 4.78 is 10.6. The predicted molar refractivity (Wildman–Crippen MR) is 112 cm³/mol. The van der Waals surface area contributed by atoms with E-state index in [2.05, 4.69) is 37.7 Å². The number of methoxy groups -OCH3 is 2. The normalized spacial score (nSPS) is 13.2. The lowest BCUT2D eigenvalue weighted by Crippen LogP contribution is -2.33. The molecule has 0 amide bonds. The van der Waals surface area contributed by atoms with Gasteiger partial charge < -0.3 is 25.1 Å². The van der Waals surface area contributed by atoms with Gasteiger partial charge in [0.25, 0.3) is 0 Å². The highest BCUT2D eigenvalue weighted by Crippen LogP contribution is 2.29. The summed E-state index contributed by atoms with van der Waals surface area (Å²) in [4.78, 5) is 20.4. The number of H-pyrrole nitrogens is 1. The number of aliphatic imine (C=N–C) groups is 1. The molecule has 0 fully saturated rings. The number of nitrogens with two attached hydrogens (primary N) is 1. The number of carbonyl (C=O) groups excluding carboxylic acids is 1. The van der Waals surface area contributed by atoms with Crippen LogP contribution < -0.4 is 20.1 Å². The summed E-state index contributed by atoms with van der Waals surface area (Å²) in [7, 11) is 3.18. The van der Waals surface area contributed by atoms with Gasteiger partial charge in [0, 0.05) is 28.9 Å². The van der Waals surface area contributed by atoms with Gasteiger partial charge in [0.2, 0.25) is 0 Å². The Morgan fingerprint density at radius 3 is 2.64 bits per heavy atom. The molecule has 1 aromatic carbocycles. The number of rotatable bonds is 5. The van der Waals surface area contributed by atoms with Crippen LogP contribution in [0.4, 0.5) is 5.82 Å². The zero-order chi connectivity index (χ0) is 20.1. The van der Waals surface area contributed by atoms with Crippen molar-refractivity contribution in [3.63, 3.8) is 0 Å². The smallest absolute Gasteiger partial charge is 0.144 e. The molecular weight excluding hydrogens is 424 g/mol. The van der Waals surface area contributed by atoms with Crippen molar-refractivity contribution in [1.29, 1.82) is 0 Å². The molecule has 0 radical (unpaired) electrons. The van der Waals surface area contributed by atoms with Gasteiger partial charge in [0.05, 0.1) is 25.3 Å². The largest absolute Gasteiger partial charge is 0.497 e. The molecule has 2 aromatic rings. The molecule has 0 saturated heterocycles. The number of aromatic amines is 1. The van der Waals surface area contributed by atoms with E-state index in [4.69, 9.17) is 15.2 Å². The van der Waals surface area contributed by atoms with Gasteiger partial charge in [-0.1, -0.05) is 27.8 Å². The minimum absolute atomic E-state index is 0.324. The first-order valence-electron chi connectivity index (χ1n) is 8.35. The zero-order valence-corrected chi connectivity index (χ0v) is 17.0. The van der Waals surface area contributed by atoms with Gasteiger partial charge in [-0.2, -0.15) is 0 Å². The van der Waals surface area contributed by atoms with Crippen LogP contribution in [0.2, 0.25) is 0 Å². The van der Waals surface area contributed by atoms with Crippen LogP contribution in [-0.2, 0) is 4.79 Å². The van der Waals surface area contributed by atoms with Gasteiger partial charge >= 0.3 is 0 Å². The number of aldehydes is 1. The Bertz CT molecular complexity index is 992. The van der Waals surface area contributed by atoms with Gasteiger partial charge in [-0.05, 0) is 18.2 Å². The van der Waals surface area contributed by atoms with Crippen LogP contribution in [0.1, 0.15) is 16.7 Å². The SMILES string of the molecule is COc1cc(C#Cc2c[nH]c3c2C(N)=NCN3C(=CC=O)CBr)cc(OC)c1. The van der Waals surface area contributed by atoms with E-state index in [9.17, 15) is 4.79 Å². The van der Waals surface area contributed by atoms with Crippen LogP contribution in [0.25, 0.3) is 0 Å². The third-order valence-electron chi connectivity index (χ3n) is 4.20. The number of alkyl halides is 1. The van der Waals surface area contributed by atoms with Crippen LogP contribution in [0.3, 0.4) is 0 Å². The van der Waals surface area contributed by atoms with Crippen LogP contribution in [0, 0.1) is 11.8 Å². The maximum Gasteiger partial charge on any atom is 0.144 e. The van der Waals surface area contributed by atoms with Crippen molar-refractivity contribution in [3.8, 4) is 23.3 Å². The minimum atomic E-state index is 0.324. The molecule has 2 heterocycles. The molecule has 1 aromatic heterocycles. The number of hydrogen-bond acceptors (Lipinski definition) is 6. The number of carbonyl (C=O) groups is 1. The van der Waals surface area contributed by atoms with Crippen molar-refractivity contribution < 1.29 is 14.3 Å². The van der Waals surface area contributed by atoms with Crippen molar-refractivity contribution in [2.45, 2.75) is 0 Å². The summed E-state index contributed by atoms with van der Waals surface area (Å²) >= 11 is 3.40. The Hall–Kier alpha value is -3.18. The average Bonchev–Trinajstić information content (AvgIpc) is 3.15. The number of benzene rings is 1. The highest BCUT2D eigenvalue weighted by Gasteiger charge is 2.25. The van der Waals surface area contributed by atoms with Crippen molar-refractivity contribution in [2.75, 3.05) is 31.1 Å². The van der Waals surface area contributed by atoms with Crippen molar-refractivity contribution >= 4 is 33.9 Å². The monoisotopic (exact) mass is 442 g/mol. The lowest BCUT2D eigenvalue weighted by atomic mass is 10.1. The molecule has 28 heavy (non-hydrogen) atoms. The fourth-order valence-corrected chi connectivity index (χ4v) is 3.31. The number of anilines is 1. The molecule has 0 saturated carbocycles. The number of aromatic nitrogens is 1. The Kier molecular flexibility index (Phi) is 6.06. The number of halogens is 1. The van der Waals surface area contributed by atoms with Crippen molar-refractivity contribution in [1.82, 2.24) is 4.98 Å². The van der Waals surface area contributed by atoms with Gasteiger partial charge in [0.1, 0.15) is 36.1 Å². The lowest BCUT2D eigenvalue weighted by molar-refractivity contribution is -0.104. The number of nitrogens with zero attached hydrogens (tertiary/aromatic N) is 2. The summed E-state index contributed by atoms with van der Waals surface area (Å²) in [5.74, 6) is 8.72. The second kappa shape index (κ2) is 8.67. The summed E-state index contributed by atoms with van der Waals surface area (Å²) in [5.41, 5.74) is 9.07. The molecular formula is C20H19BrN4O3. The molecule has 0 aliphatic carbocycles. The summed E-state index contributed by atoms with van der Waals surface area (Å²) in [6.07, 6.45) is 4.02. The number of nitrogens with one attached hydrogen (secondary N) is 1. The molecule has 0 spiro atoms. The minimum Gasteiger partial charge on any atom is -0.497 e. The highest BCUT2D eigenvalue weighted by molar-refractivity contribution is 9.09. The average molecular weight is 443 g/mol. The van der Waals surface area contributed by atoms with E-state index >= 15 is 0 Å². The van der Waals surface area contributed by atoms with Crippen molar-refractivity contribution in [3.05, 3.63) is 52.9 Å². The first-order chi connectivity index (χ1) is 13.6. The Labute approximate surface area is 171 Å². The van der Waals surface area contributed by atoms with Crippen LogP contribution in [0.5, 0.6) is 11.5 Å². The Balaban J connectivity index is 2.01. The van der Waals surface area contributed by atoms with E-state index in [1.54, 1.807) is 26.5 Å². The molecule has 8 heteroatoms. The summed E-state index contributed by atoms with van der Waals surface area (Å²) in [5, 5.41) is 0.504. The number of hydrogen-bond donors (Lipinski definition) is 2. The third-order valence-corrected chi connectivity index (χ3v) is 4.78. The van der Waals surface area contributed by atoms with Gasteiger partial charge in [-0.3, -0.25) is 4.79 Å². The van der Waals surface area contributed by atoms with Crippen molar-refractivity contribution in [2.24, 2.45) is 10.7 Å². The van der Waals surface area contributed by atoms with E-state index in [1.807, 2.05) is 17.0 Å². The zero-order valence-electron chi connectivity index (χ0n) is 15.5. The van der Waals surface area contributed by atoms with Crippen LogP contribution in [-0.4, -0.2) is 43.3 Å². The van der Waals surface area contributed by atoms with Gasteiger partial charge in [-0.15, -0.1) is 0 Å². The van der Waals surface area contributed by atoms with E-state index < -0.39 is 0 Å². The predicted octanol–water partition coefficient (Wildman–Crippen LogP) is 2.39. The highest BCUT2D eigenvalue weighted by atomic mass is 79.9. The van der Waals surface area contributed by atoms with E-state index in [0.717, 1.165) is 23.4 Å². The molecule has 3 rings (SSSR count). The topological polar surface area (TPSA) is 92.9 Å². The van der Waals surface area contributed by atoms with Gasteiger partial charge in [0.15, 0.2) is 0 Å². The molecule has 0 bridgehead atoms. The number of allylic oxidation sites excluding steroid dienone is 2. The molecule has 7 nitrogen and oxygen atoms in total. The van der Waals surface area contributed by atoms with E-state index in [0.29, 0.717) is 40.5 Å². The van der Waals surface area contributed by atoms with E-state index in [-0.39, 0.29) is 0 Å². The molecule has 0 unspecified atom stereocenters. The fourth-order valence-electron chi connectivity index (χ4n) is 2.82. The molecule has 1 aliphatic heterocycles. The Morgan fingerprint density at radius 2 is 2.04 bits per heavy atom. The van der Waals surface area contributed by atoms with E-state index in [1.165, 1.54) is 6.08 Å². The lowest BCUT2D eigenvalue weighted by Gasteiger charge is -2.27. The quantitative estimate of drug-likeness (QED) is 0.321. The molecule has 3 N–H and O–H groups in total. The maximum atomic E-state index is 10.9. The van der Waals surface area contributed by atoms with Gasteiger partial charge in [-0.25, -0.2) is 4.99 Å². The second-order valence-electron chi connectivity index (χ2n) is 5.82. The molecule has 0 atom stereocenters. The standard InChI is InChI=1S/C20H19BrN4O3/c1-27-16-7-13(8-17(9-16)28-2)3-4-14-11-23-20-18(14)19(22)24-12-25(20)15(10-21)5-6-26/h5-9,11,23H,10,12H2,1-2H3,(H2,22,24). The third kappa shape index (κ3) is 3.89. The summed E-state index contributed by atoms with van der Waals surface area (Å²) in [6, 6.07) is 5.44. The van der Waals surface area contributed by atoms with Crippen LogP contribution >= 0.6 is 15.9 Å². The number of ether oxygens (including phenoxy) is 2.